The van der Waals surface area contributed by atoms with Gasteiger partial charge >= 0.3 is 0 Å². The topological polar surface area (TPSA) is 41.6 Å². The maximum absolute atomic E-state index is 12.7. The third-order valence-electron chi connectivity index (χ3n) is 4.28. The van der Waals surface area contributed by atoms with Crippen LogP contribution in [0.3, 0.4) is 0 Å². The Hall–Kier alpha value is -1.55. The smallest absolute Gasteiger partial charge is 0.244 e. The van der Waals surface area contributed by atoms with Gasteiger partial charge in [-0.1, -0.05) is 6.42 Å². The Morgan fingerprint density at radius 2 is 2.25 bits per heavy atom. The fourth-order valence-electron chi connectivity index (χ4n) is 3.18. The summed E-state index contributed by atoms with van der Waals surface area (Å²) in [7, 11) is 1.68. The molecule has 0 unspecified atom stereocenters. The maximum Gasteiger partial charge on any atom is 0.244 e. The summed E-state index contributed by atoms with van der Waals surface area (Å²) < 4.78 is 5.28. The summed E-state index contributed by atoms with van der Waals surface area (Å²) in [6, 6.07) is 6.02. The third kappa shape index (κ3) is 2.52. The van der Waals surface area contributed by atoms with Crippen LogP contribution in [0.4, 0.5) is 5.69 Å². The predicted molar refractivity (Wildman–Crippen MR) is 79.3 cm³/mol. The van der Waals surface area contributed by atoms with Crippen molar-refractivity contribution in [1.82, 2.24) is 5.32 Å². The SMILES string of the molecule is COc1ccc2c(c1)CCCN2C(=O)[C@@H]1CCCCN1. The summed E-state index contributed by atoms with van der Waals surface area (Å²) in [6.07, 6.45) is 5.33. The van der Waals surface area contributed by atoms with Crippen molar-refractivity contribution < 1.29 is 9.53 Å². The van der Waals surface area contributed by atoms with Crippen molar-refractivity contribution in [3.8, 4) is 5.75 Å². The molecule has 108 valence electrons. The Kier molecular flexibility index (Phi) is 3.92. The Labute approximate surface area is 120 Å². The van der Waals surface area contributed by atoms with Crippen molar-refractivity contribution in [2.75, 3.05) is 25.1 Å². The van der Waals surface area contributed by atoms with Crippen molar-refractivity contribution in [2.24, 2.45) is 0 Å². The number of amides is 1. The molecule has 1 saturated heterocycles. The largest absolute Gasteiger partial charge is 0.497 e. The summed E-state index contributed by atoms with van der Waals surface area (Å²) in [5.41, 5.74) is 2.29. The van der Waals surface area contributed by atoms with E-state index in [1.807, 2.05) is 17.0 Å². The molecule has 4 heteroatoms. The molecule has 0 radical (unpaired) electrons. The normalized spacial score (nSPS) is 22.2. The number of nitrogens with one attached hydrogen (secondary N) is 1. The second-order valence-electron chi connectivity index (χ2n) is 5.59. The average Bonchev–Trinajstić information content (AvgIpc) is 2.54. The van der Waals surface area contributed by atoms with Crippen LogP contribution in [0.1, 0.15) is 31.2 Å². The fraction of sp³-hybridized carbons (Fsp3) is 0.562. The lowest BCUT2D eigenvalue weighted by molar-refractivity contribution is -0.121. The molecule has 0 bridgehead atoms. The minimum Gasteiger partial charge on any atom is -0.497 e. The lowest BCUT2D eigenvalue weighted by atomic mass is 9.98. The van der Waals surface area contributed by atoms with Gasteiger partial charge in [-0.15, -0.1) is 0 Å². The standard InChI is InChI=1S/C16H22N2O2/c1-20-13-7-8-15-12(11-13)5-4-10-18(15)16(19)14-6-2-3-9-17-14/h7-8,11,14,17H,2-6,9-10H2,1H3/t14-/m0/s1. The second kappa shape index (κ2) is 5.83. The first-order valence-corrected chi connectivity index (χ1v) is 7.51. The van der Waals surface area contributed by atoms with Gasteiger partial charge in [0, 0.05) is 12.2 Å². The molecule has 2 aliphatic rings. The molecule has 4 nitrogen and oxygen atoms in total. The Bertz CT molecular complexity index is 495. The number of anilines is 1. The van der Waals surface area contributed by atoms with E-state index < -0.39 is 0 Å². The van der Waals surface area contributed by atoms with Crippen LogP contribution in [-0.4, -0.2) is 32.1 Å². The second-order valence-corrected chi connectivity index (χ2v) is 5.59. The van der Waals surface area contributed by atoms with E-state index in [4.69, 9.17) is 4.74 Å². The predicted octanol–water partition coefficient (Wildman–Crippen LogP) is 2.12. The van der Waals surface area contributed by atoms with Gasteiger partial charge in [0.25, 0.3) is 0 Å². The lowest BCUT2D eigenvalue weighted by Gasteiger charge is -2.34. The van der Waals surface area contributed by atoms with Gasteiger partial charge in [0.1, 0.15) is 5.75 Å². The highest BCUT2D eigenvalue weighted by molar-refractivity contribution is 5.98. The van der Waals surface area contributed by atoms with Gasteiger partial charge in [-0.05, 0) is 56.0 Å². The number of methoxy groups -OCH3 is 1. The molecule has 2 aliphatic heterocycles. The van der Waals surface area contributed by atoms with Gasteiger partial charge in [0.15, 0.2) is 0 Å². The number of aryl methyl sites for hydroxylation is 1. The molecule has 20 heavy (non-hydrogen) atoms. The first kappa shape index (κ1) is 13.4. The van der Waals surface area contributed by atoms with E-state index in [9.17, 15) is 4.79 Å². The summed E-state index contributed by atoms with van der Waals surface area (Å²) in [6.45, 7) is 1.79. The molecule has 0 saturated carbocycles. The number of nitrogens with zero attached hydrogens (tertiary/aromatic N) is 1. The Morgan fingerprint density at radius 3 is 3.00 bits per heavy atom. The van der Waals surface area contributed by atoms with Gasteiger partial charge in [-0.2, -0.15) is 0 Å². The zero-order chi connectivity index (χ0) is 13.9. The van der Waals surface area contributed by atoms with E-state index in [1.54, 1.807) is 7.11 Å². The van der Waals surface area contributed by atoms with Crippen LogP contribution in [0.5, 0.6) is 5.75 Å². The number of benzene rings is 1. The van der Waals surface area contributed by atoms with E-state index in [0.29, 0.717) is 0 Å². The average molecular weight is 274 g/mol. The van der Waals surface area contributed by atoms with E-state index in [1.165, 1.54) is 12.0 Å². The molecule has 0 spiro atoms. The molecule has 1 atom stereocenters. The Balaban J connectivity index is 1.83. The highest BCUT2D eigenvalue weighted by Crippen LogP contribution is 2.31. The van der Waals surface area contributed by atoms with E-state index in [0.717, 1.165) is 50.2 Å². The molecule has 1 amide bonds. The van der Waals surface area contributed by atoms with Crippen molar-refractivity contribution in [3.63, 3.8) is 0 Å². The quantitative estimate of drug-likeness (QED) is 0.898. The molecule has 1 aromatic rings. The number of ether oxygens (including phenoxy) is 1. The first-order chi connectivity index (χ1) is 9.79. The van der Waals surface area contributed by atoms with Gasteiger partial charge in [0.2, 0.25) is 5.91 Å². The summed E-state index contributed by atoms with van der Waals surface area (Å²) >= 11 is 0. The number of fused-ring (bicyclic) bond motifs is 1. The minimum atomic E-state index is -0.00296. The monoisotopic (exact) mass is 274 g/mol. The van der Waals surface area contributed by atoms with Gasteiger partial charge in [0.05, 0.1) is 13.2 Å². The number of hydrogen-bond acceptors (Lipinski definition) is 3. The molecule has 2 heterocycles. The fourth-order valence-corrected chi connectivity index (χ4v) is 3.18. The molecular formula is C16H22N2O2. The third-order valence-corrected chi connectivity index (χ3v) is 4.28. The zero-order valence-corrected chi connectivity index (χ0v) is 12.0. The summed E-state index contributed by atoms with van der Waals surface area (Å²) in [4.78, 5) is 14.7. The minimum absolute atomic E-state index is 0.00296. The van der Waals surface area contributed by atoms with Crippen molar-refractivity contribution in [1.29, 1.82) is 0 Å². The van der Waals surface area contributed by atoms with Crippen molar-refractivity contribution in [3.05, 3.63) is 23.8 Å². The number of carbonyl (C=O) groups is 1. The highest BCUT2D eigenvalue weighted by Gasteiger charge is 2.29. The Morgan fingerprint density at radius 1 is 1.35 bits per heavy atom. The molecule has 1 N–H and O–H groups in total. The molecule has 1 aromatic carbocycles. The summed E-state index contributed by atoms with van der Waals surface area (Å²) in [5, 5.41) is 3.35. The van der Waals surface area contributed by atoms with Crippen LogP contribution >= 0.6 is 0 Å². The van der Waals surface area contributed by atoms with Crippen molar-refractivity contribution in [2.45, 2.75) is 38.1 Å². The van der Waals surface area contributed by atoms with Crippen LogP contribution < -0.4 is 15.0 Å². The van der Waals surface area contributed by atoms with E-state index in [2.05, 4.69) is 11.4 Å². The molecular weight excluding hydrogens is 252 g/mol. The van der Waals surface area contributed by atoms with Gasteiger partial charge < -0.3 is 15.0 Å². The highest BCUT2D eigenvalue weighted by atomic mass is 16.5. The van der Waals surface area contributed by atoms with E-state index in [-0.39, 0.29) is 11.9 Å². The van der Waals surface area contributed by atoms with Crippen LogP contribution in [0.15, 0.2) is 18.2 Å². The van der Waals surface area contributed by atoms with Crippen LogP contribution in [0, 0.1) is 0 Å². The molecule has 3 rings (SSSR count). The first-order valence-electron chi connectivity index (χ1n) is 7.51. The molecule has 0 aliphatic carbocycles. The number of hydrogen-bond donors (Lipinski definition) is 1. The van der Waals surface area contributed by atoms with Crippen LogP contribution in [-0.2, 0) is 11.2 Å². The number of rotatable bonds is 2. The number of carbonyl (C=O) groups excluding carboxylic acids is 1. The number of piperidine rings is 1. The van der Waals surface area contributed by atoms with Crippen LogP contribution in [0.2, 0.25) is 0 Å². The molecule has 1 fully saturated rings. The van der Waals surface area contributed by atoms with Gasteiger partial charge in [-0.25, -0.2) is 0 Å². The van der Waals surface area contributed by atoms with E-state index >= 15 is 0 Å². The van der Waals surface area contributed by atoms with Crippen molar-refractivity contribution >= 4 is 11.6 Å². The van der Waals surface area contributed by atoms with Gasteiger partial charge in [-0.3, -0.25) is 4.79 Å². The zero-order valence-electron chi connectivity index (χ0n) is 12.0. The maximum atomic E-state index is 12.7. The lowest BCUT2D eigenvalue weighted by Crippen LogP contribution is -2.50. The molecule has 0 aromatic heterocycles. The summed E-state index contributed by atoms with van der Waals surface area (Å²) in [5.74, 6) is 1.10. The van der Waals surface area contributed by atoms with Crippen LogP contribution in [0.25, 0.3) is 0 Å².